The quantitative estimate of drug-likeness (QED) is 0.717. The smallest absolute Gasteiger partial charge is 0.250 e. The van der Waals surface area contributed by atoms with Gasteiger partial charge in [0, 0.05) is 18.0 Å². The van der Waals surface area contributed by atoms with Crippen molar-refractivity contribution >= 4 is 0 Å². The molecule has 0 bridgehead atoms. The molecule has 6 heteroatoms. The van der Waals surface area contributed by atoms with E-state index in [0.29, 0.717) is 0 Å². The lowest BCUT2D eigenvalue weighted by Crippen LogP contribution is -2.08. The van der Waals surface area contributed by atoms with Crippen LogP contribution < -0.4 is 0 Å². The molecule has 0 unspecified atom stereocenters. The van der Waals surface area contributed by atoms with Crippen LogP contribution in [-0.4, -0.2) is 9.97 Å². The maximum atomic E-state index is 13.3. The Balaban J connectivity index is 2.65. The number of rotatable bonds is 1. The zero-order valence-corrected chi connectivity index (χ0v) is 8.29. The van der Waals surface area contributed by atoms with Gasteiger partial charge in [0.2, 0.25) is 5.95 Å². The van der Waals surface area contributed by atoms with Gasteiger partial charge in [0.15, 0.2) is 0 Å². The minimum atomic E-state index is -4.61. The van der Waals surface area contributed by atoms with Crippen molar-refractivity contribution in [2.45, 2.75) is 6.18 Å². The lowest BCUT2D eigenvalue weighted by atomic mass is 10.0. The largest absolute Gasteiger partial charge is 0.417 e. The Bertz CT molecular complexity index is 537. The van der Waals surface area contributed by atoms with E-state index in [0.717, 1.165) is 24.5 Å². The van der Waals surface area contributed by atoms with E-state index < -0.39 is 23.4 Å². The van der Waals surface area contributed by atoms with Crippen LogP contribution in [0.25, 0.3) is 11.3 Å². The summed E-state index contributed by atoms with van der Waals surface area (Å²) in [7, 11) is 0. The second-order valence-electron chi connectivity index (χ2n) is 3.15. The molecule has 0 spiro atoms. The van der Waals surface area contributed by atoms with Crippen molar-refractivity contribution in [3.8, 4) is 11.3 Å². The molecule has 1 aromatic heterocycles. The standard InChI is InChI=1S/C11H5F4N2/c12-10-9(16-5-6-17-10)7-3-1-2-4-8(7)11(13,14)15/h1-3,5-6H. The summed E-state index contributed by atoms with van der Waals surface area (Å²) in [5.41, 5.74) is -1.86. The molecular weight excluding hydrogens is 236 g/mol. The van der Waals surface area contributed by atoms with Gasteiger partial charge >= 0.3 is 6.18 Å². The Kier molecular flexibility index (Phi) is 2.79. The number of nitrogens with zero attached hydrogens (tertiary/aromatic N) is 2. The first-order valence-electron chi connectivity index (χ1n) is 4.55. The Morgan fingerprint density at radius 3 is 2.47 bits per heavy atom. The number of aromatic nitrogens is 2. The van der Waals surface area contributed by atoms with E-state index in [4.69, 9.17) is 0 Å². The van der Waals surface area contributed by atoms with Crippen molar-refractivity contribution in [2.24, 2.45) is 0 Å². The average molecular weight is 241 g/mol. The third kappa shape index (κ3) is 2.25. The monoisotopic (exact) mass is 241 g/mol. The van der Waals surface area contributed by atoms with Gasteiger partial charge in [-0.15, -0.1) is 0 Å². The number of hydrogen-bond donors (Lipinski definition) is 0. The van der Waals surface area contributed by atoms with Crippen LogP contribution in [0, 0.1) is 12.0 Å². The van der Waals surface area contributed by atoms with E-state index in [1.54, 1.807) is 0 Å². The number of alkyl halides is 3. The highest BCUT2D eigenvalue weighted by Crippen LogP contribution is 2.36. The molecule has 0 aliphatic carbocycles. The Morgan fingerprint density at radius 2 is 1.82 bits per heavy atom. The molecule has 1 heterocycles. The number of benzene rings is 1. The third-order valence-corrected chi connectivity index (χ3v) is 2.05. The third-order valence-electron chi connectivity index (χ3n) is 2.05. The lowest BCUT2D eigenvalue weighted by Gasteiger charge is -2.11. The van der Waals surface area contributed by atoms with Crippen LogP contribution in [0.5, 0.6) is 0 Å². The van der Waals surface area contributed by atoms with Crippen molar-refractivity contribution in [1.82, 2.24) is 9.97 Å². The fourth-order valence-electron chi connectivity index (χ4n) is 1.37. The Morgan fingerprint density at radius 1 is 1.12 bits per heavy atom. The second-order valence-corrected chi connectivity index (χ2v) is 3.15. The fraction of sp³-hybridized carbons (Fsp3) is 0.0909. The molecule has 17 heavy (non-hydrogen) atoms. The zero-order valence-electron chi connectivity index (χ0n) is 8.29. The highest BCUT2D eigenvalue weighted by Gasteiger charge is 2.34. The van der Waals surface area contributed by atoms with Crippen molar-refractivity contribution in [1.29, 1.82) is 0 Å². The van der Waals surface area contributed by atoms with E-state index in [1.165, 1.54) is 6.07 Å². The van der Waals surface area contributed by atoms with Crippen LogP contribution in [0.2, 0.25) is 0 Å². The van der Waals surface area contributed by atoms with Crippen molar-refractivity contribution in [3.63, 3.8) is 0 Å². The highest BCUT2D eigenvalue weighted by molar-refractivity contribution is 5.63. The summed E-state index contributed by atoms with van der Waals surface area (Å²) >= 11 is 0. The Hall–Kier alpha value is -1.98. The first kappa shape index (κ1) is 11.5. The van der Waals surface area contributed by atoms with E-state index in [9.17, 15) is 17.6 Å². The minimum Gasteiger partial charge on any atom is -0.250 e. The van der Waals surface area contributed by atoms with Gasteiger partial charge in [-0.3, -0.25) is 0 Å². The molecule has 1 aromatic carbocycles. The van der Waals surface area contributed by atoms with Gasteiger partial charge in [-0.2, -0.15) is 17.6 Å². The molecule has 2 rings (SSSR count). The van der Waals surface area contributed by atoms with Crippen LogP contribution in [0.15, 0.2) is 30.6 Å². The van der Waals surface area contributed by atoms with Crippen molar-refractivity contribution < 1.29 is 17.6 Å². The molecule has 2 aromatic rings. The molecule has 0 N–H and O–H groups in total. The van der Waals surface area contributed by atoms with Crippen LogP contribution in [0.3, 0.4) is 0 Å². The van der Waals surface area contributed by atoms with Crippen LogP contribution in [0.4, 0.5) is 17.6 Å². The van der Waals surface area contributed by atoms with Gasteiger partial charge in [0.25, 0.3) is 0 Å². The summed E-state index contributed by atoms with van der Waals surface area (Å²) in [6, 6.07) is 5.62. The number of halogens is 4. The molecule has 0 amide bonds. The SMILES string of the molecule is Fc1nccnc1-c1ccc[c]c1C(F)(F)F. The topological polar surface area (TPSA) is 25.8 Å². The first-order chi connectivity index (χ1) is 8.00. The minimum absolute atomic E-state index is 0.370. The first-order valence-corrected chi connectivity index (χ1v) is 4.55. The molecule has 0 saturated carbocycles. The van der Waals surface area contributed by atoms with Crippen LogP contribution in [-0.2, 0) is 6.18 Å². The van der Waals surface area contributed by atoms with Crippen molar-refractivity contribution in [3.05, 3.63) is 48.2 Å². The van der Waals surface area contributed by atoms with Crippen LogP contribution in [0.1, 0.15) is 5.56 Å². The van der Waals surface area contributed by atoms with Gasteiger partial charge in [-0.05, 0) is 6.07 Å². The summed E-state index contributed by atoms with van der Waals surface area (Å²) < 4.78 is 51.3. The summed E-state index contributed by atoms with van der Waals surface area (Å²) in [4.78, 5) is 6.83. The second kappa shape index (κ2) is 4.12. The molecule has 0 atom stereocenters. The van der Waals surface area contributed by atoms with Gasteiger partial charge < -0.3 is 0 Å². The maximum Gasteiger partial charge on any atom is 0.417 e. The highest BCUT2D eigenvalue weighted by atomic mass is 19.4. The normalized spacial score (nSPS) is 11.5. The van der Waals surface area contributed by atoms with E-state index in [2.05, 4.69) is 9.97 Å². The molecule has 0 fully saturated rings. The lowest BCUT2D eigenvalue weighted by molar-refractivity contribution is -0.137. The summed E-state index contributed by atoms with van der Waals surface area (Å²) in [5.74, 6) is -1.04. The number of hydrogen-bond acceptors (Lipinski definition) is 2. The predicted octanol–water partition coefficient (Wildman–Crippen LogP) is 3.10. The van der Waals surface area contributed by atoms with E-state index in [1.807, 2.05) is 6.07 Å². The molecule has 2 nitrogen and oxygen atoms in total. The molecule has 0 aliphatic heterocycles. The average Bonchev–Trinajstić information content (AvgIpc) is 2.28. The maximum absolute atomic E-state index is 13.3. The van der Waals surface area contributed by atoms with Gasteiger partial charge in [-0.25, -0.2) is 9.97 Å². The van der Waals surface area contributed by atoms with E-state index in [-0.39, 0.29) is 5.56 Å². The molecule has 1 radical (unpaired) electrons. The van der Waals surface area contributed by atoms with Gasteiger partial charge in [0.05, 0.1) is 5.56 Å². The Labute approximate surface area is 94.0 Å². The van der Waals surface area contributed by atoms with Crippen LogP contribution >= 0.6 is 0 Å². The predicted molar refractivity (Wildman–Crippen MR) is 51.3 cm³/mol. The van der Waals surface area contributed by atoms with E-state index >= 15 is 0 Å². The summed E-state index contributed by atoms with van der Waals surface area (Å²) in [6.07, 6.45) is -2.41. The molecule has 0 saturated heterocycles. The van der Waals surface area contributed by atoms with Gasteiger partial charge in [-0.1, -0.05) is 18.2 Å². The molecule has 0 aliphatic rings. The van der Waals surface area contributed by atoms with Crippen molar-refractivity contribution in [2.75, 3.05) is 0 Å². The molecule has 87 valence electrons. The van der Waals surface area contributed by atoms with Gasteiger partial charge in [0.1, 0.15) is 5.69 Å². The zero-order chi connectivity index (χ0) is 12.5. The molecular formula is C11H5F4N2. The summed E-state index contributed by atoms with van der Waals surface area (Å²) in [5, 5.41) is 0. The summed E-state index contributed by atoms with van der Waals surface area (Å²) in [6.45, 7) is 0. The fourth-order valence-corrected chi connectivity index (χ4v) is 1.37.